The third kappa shape index (κ3) is 3.44. The summed E-state index contributed by atoms with van der Waals surface area (Å²) in [6.07, 6.45) is 4.56. The summed E-state index contributed by atoms with van der Waals surface area (Å²) in [7, 11) is 0. The molecule has 0 saturated carbocycles. The highest BCUT2D eigenvalue weighted by molar-refractivity contribution is 5.37. The largest absolute Gasteiger partial charge is 0.370 e. The highest BCUT2D eigenvalue weighted by Crippen LogP contribution is 2.38. The molecule has 0 bridgehead atoms. The summed E-state index contributed by atoms with van der Waals surface area (Å²) in [5.41, 5.74) is 4.63. The first kappa shape index (κ1) is 15.6. The number of hydrogen-bond donors (Lipinski definition) is 0. The lowest BCUT2D eigenvalue weighted by Crippen LogP contribution is -2.13. The first-order valence-electron chi connectivity index (χ1n) is 8.13. The van der Waals surface area contributed by atoms with Gasteiger partial charge in [0, 0.05) is 0 Å². The molecule has 0 aromatic heterocycles. The van der Waals surface area contributed by atoms with Crippen molar-refractivity contribution in [2.24, 2.45) is 0 Å². The van der Waals surface area contributed by atoms with Crippen LogP contribution in [0, 0.1) is 6.92 Å². The van der Waals surface area contributed by atoms with E-state index in [1.54, 1.807) is 0 Å². The van der Waals surface area contributed by atoms with E-state index in [1.165, 1.54) is 29.5 Å². The van der Waals surface area contributed by atoms with E-state index in [4.69, 9.17) is 4.74 Å². The molecule has 1 aromatic rings. The molecule has 1 heteroatoms. The summed E-state index contributed by atoms with van der Waals surface area (Å²) >= 11 is 0. The molecular weight excluding hydrogens is 244 g/mol. The number of rotatable bonds is 5. The van der Waals surface area contributed by atoms with Crippen LogP contribution in [0.2, 0.25) is 0 Å². The molecule has 1 heterocycles. The van der Waals surface area contributed by atoms with Gasteiger partial charge >= 0.3 is 0 Å². The van der Waals surface area contributed by atoms with Crippen LogP contribution in [0.4, 0.5) is 0 Å². The minimum atomic E-state index is 0.225. The molecular formula is C19H30O. The van der Waals surface area contributed by atoms with Crippen molar-refractivity contribution in [2.75, 3.05) is 0 Å². The van der Waals surface area contributed by atoms with E-state index in [9.17, 15) is 0 Å². The van der Waals surface area contributed by atoms with E-state index in [0.717, 1.165) is 6.42 Å². The Morgan fingerprint density at radius 1 is 1.15 bits per heavy atom. The third-order valence-corrected chi connectivity index (χ3v) is 4.68. The van der Waals surface area contributed by atoms with Gasteiger partial charge in [0.25, 0.3) is 0 Å². The lowest BCUT2D eigenvalue weighted by molar-refractivity contribution is 0.348. The molecule has 0 N–H and O–H groups in total. The van der Waals surface area contributed by atoms with Crippen LogP contribution in [-0.2, 0) is 10.2 Å². The van der Waals surface area contributed by atoms with Crippen LogP contribution in [0.15, 0.2) is 18.2 Å². The second-order valence-electron chi connectivity index (χ2n) is 7.28. The molecule has 0 radical (unpaired) electrons. The Hall–Kier alpha value is -0.820. The van der Waals surface area contributed by atoms with Gasteiger partial charge in [-0.2, -0.15) is 0 Å². The second-order valence-corrected chi connectivity index (χ2v) is 7.28. The van der Waals surface area contributed by atoms with Gasteiger partial charge in [0.1, 0.15) is 0 Å². The van der Waals surface area contributed by atoms with Gasteiger partial charge in [-0.1, -0.05) is 52.8 Å². The Morgan fingerprint density at radius 3 is 2.35 bits per heavy atom. The van der Waals surface area contributed by atoms with E-state index >= 15 is 0 Å². The van der Waals surface area contributed by atoms with Crippen molar-refractivity contribution >= 4 is 0 Å². The monoisotopic (exact) mass is 274 g/mol. The topological polar surface area (TPSA) is 12.5 Å². The van der Waals surface area contributed by atoms with E-state index in [1.807, 2.05) is 0 Å². The van der Waals surface area contributed by atoms with Gasteiger partial charge in [-0.05, 0) is 54.2 Å². The SMILES string of the molecule is CCC(CC1OC1CC)c1cc(C(C)(C)C)ccc1C. The molecule has 1 fully saturated rings. The fraction of sp³-hybridized carbons (Fsp3) is 0.684. The number of hydrogen-bond acceptors (Lipinski definition) is 1. The van der Waals surface area contributed by atoms with E-state index in [-0.39, 0.29) is 5.41 Å². The molecule has 0 spiro atoms. The molecule has 2 rings (SSSR count). The highest BCUT2D eigenvalue weighted by atomic mass is 16.6. The van der Waals surface area contributed by atoms with Crippen molar-refractivity contribution in [1.82, 2.24) is 0 Å². The first-order chi connectivity index (χ1) is 9.36. The van der Waals surface area contributed by atoms with Gasteiger partial charge in [0.15, 0.2) is 0 Å². The van der Waals surface area contributed by atoms with Crippen LogP contribution in [0.5, 0.6) is 0 Å². The van der Waals surface area contributed by atoms with Crippen LogP contribution < -0.4 is 0 Å². The minimum absolute atomic E-state index is 0.225. The summed E-state index contributed by atoms with van der Waals surface area (Å²) in [5.74, 6) is 0.638. The zero-order chi connectivity index (χ0) is 14.9. The molecule has 3 atom stereocenters. The summed E-state index contributed by atoms with van der Waals surface area (Å²) in [5, 5.41) is 0. The Labute approximate surface area is 124 Å². The smallest absolute Gasteiger partial charge is 0.0847 e. The summed E-state index contributed by atoms with van der Waals surface area (Å²) in [6.45, 7) is 13.6. The lowest BCUT2D eigenvalue weighted by Gasteiger charge is -2.24. The molecule has 0 aliphatic carbocycles. The second kappa shape index (κ2) is 5.89. The fourth-order valence-electron chi connectivity index (χ4n) is 3.09. The molecule has 1 aliphatic heterocycles. The quantitative estimate of drug-likeness (QED) is 0.659. The number of benzene rings is 1. The van der Waals surface area contributed by atoms with Crippen molar-refractivity contribution in [3.05, 3.63) is 34.9 Å². The van der Waals surface area contributed by atoms with Crippen LogP contribution in [-0.4, -0.2) is 12.2 Å². The molecule has 0 amide bonds. The average Bonchev–Trinajstić information content (AvgIpc) is 3.14. The van der Waals surface area contributed by atoms with Crippen molar-refractivity contribution < 1.29 is 4.74 Å². The zero-order valence-corrected chi connectivity index (χ0v) is 14.0. The maximum atomic E-state index is 5.76. The van der Waals surface area contributed by atoms with Crippen molar-refractivity contribution in [3.8, 4) is 0 Å². The number of epoxide rings is 1. The van der Waals surface area contributed by atoms with Gasteiger partial charge < -0.3 is 4.74 Å². The van der Waals surface area contributed by atoms with Crippen LogP contribution in [0.25, 0.3) is 0 Å². The normalized spacial score (nSPS) is 23.7. The minimum Gasteiger partial charge on any atom is -0.370 e. The van der Waals surface area contributed by atoms with Crippen LogP contribution in [0.3, 0.4) is 0 Å². The van der Waals surface area contributed by atoms with E-state index in [0.29, 0.717) is 18.1 Å². The summed E-state index contributed by atoms with van der Waals surface area (Å²) in [6, 6.07) is 7.02. The predicted octanol–water partition coefficient (Wildman–Crippen LogP) is 5.35. The van der Waals surface area contributed by atoms with Gasteiger partial charge in [-0.3, -0.25) is 0 Å². The van der Waals surface area contributed by atoms with Gasteiger partial charge in [0.05, 0.1) is 12.2 Å². The van der Waals surface area contributed by atoms with E-state index in [2.05, 4.69) is 59.7 Å². The number of ether oxygens (including phenoxy) is 1. The molecule has 1 aromatic carbocycles. The molecule has 1 saturated heterocycles. The van der Waals surface area contributed by atoms with Gasteiger partial charge in [-0.15, -0.1) is 0 Å². The Kier molecular flexibility index (Phi) is 4.59. The van der Waals surface area contributed by atoms with Crippen molar-refractivity contribution in [2.45, 2.75) is 84.3 Å². The molecule has 20 heavy (non-hydrogen) atoms. The summed E-state index contributed by atoms with van der Waals surface area (Å²) in [4.78, 5) is 0. The fourth-order valence-corrected chi connectivity index (χ4v) is 3.09. The van der Waals surface area contributed by atoms with E-state index < -0.39 is 0 Å². The Bertz CT molecular complexity index is 455. The first-order valence-corrected chi connectivity index (χ1v) is 8.13. The molecule has 1 nitrogen and oxygen atoms in total. The summed E-state index contributed by atoms with van der Waals surface area (Å²) < 4.78 is 5.76. The standard InChI is InChI=1S/C19H30O/c1-7-14(11-18-17(8-2)20-18)16-12-15(19(4,5)6)10-9-13(16)3/h9-10,12,14,17-18H,7-8,11H2,1-6H3. The highest BCUT2D eigenvalue weighted by Gasteiger charge is 2.38. The zero-order valence-electron chi connectivity index (χ0n) is 14.0. The van der Waals surface area contributed by atoms with Gasteiger partial charge in [-0.25, -0.2) is 0 Å². The molecule has 112 valence electrons. The lowest BCUT2D eigenvalue weighted by atomic mass is 9.81. The third-order valence-electron chi connectivity index (χ3n) is 4.68. The molecule has 1 aliphatic rings. The van der Waals surface area contributed by atoms with Crippen LogP contribution >= 0.6 is 0 Å². The Balaban J connectivity index is 2.20. The van der Waals surface area contributed by atoms with Crippen LogP contribution in [0.1, 0.15) is 76.5 Å². The molecule has 3 unspecified atom stereocenters. The number of aryl methyl sites for hydroxylation is 1. The predicted molar refractivity (Wildman–Crippen MR) is 86.5 cm³/mol. The average molecular weight is 274 g/mol. The Morgan fingerprint density at radius 2 is 1.85 bits per heavy atom. The van der Waals surface area contributed by atoms with Crippen molar-refractivity contribution in [1.29, 1.82) is 0 Å². The van der Waals surface area contributed by atoms with Gasteiger partial charge in [0.2, 0.25) is 0 Å². The maximum absolute atomic E-state index is 5.76. The maximum Gasteiger partial charge on any atom is 0.0847 e. The van der Waals surface area contributed by atoms with Crippen molar-refractivity contribution in [3.63, 3.8) is 0 Å².